The maximum absolute atomic E-state index is 12.4. The third-order valence-electron chi connectivity index (χ3n) is 2.46. The average molecular weight is 282 g/mol. The summed E-state index contributed by atoms with van der Waals surface area (Å²) >= 11 is 0. The highest BCUT2D eigenvalue weighted by Crippen LogP contribution is 2.33. The van der Waals surface area contributed by atoms with Crippen LogP contribution in [0.4, 0.5) is 13.2 Å². The maximum atomic E-state index is 12.4. The predicted octanol–water partition coefficient (Wildman–Crippen LogP) is 3.16. The molecule has 0 saturated heterocycles. The minimum atomic E-state index is -4.82. The quantitative estimate of drug-likeness (QED) is 0.811. The monoisotopic (exact) mass is 282 g/mol. The van der Waals surface area contributed by atoms with Crippen LogP contribution >= 0.6 is 0 Å². The van der Waals surface area contributed by atoms with Crippen LogP contribution in [0.15, 0.2) is 30.6 Å². The highest BCUT2D eigenvalue weighted by atomic mass is 19.4. The number of aromatic nitrogens is 2. The molecule has 0 aliphatic carbocycles. The van der Waals surface area contributed by atoms with Crippen molar-refractivity contribution in [2.45, 2.75) is 13.3 Å². The molecule has 7 heteroatoms. The highest BCUT2D eigenvalue weighted by Gasteiger charge is 2.32. The fourth-order valence-corrected chi connectivity index (χ4v) is 1.59. The van der Waals surface area contributed by atoms with E-state index in [0.29, 0.717) is 17.7 Å². The van der Waals surface area contributed by atoms with Gasteiger partial charge in [-0.05, 0) is 25.1 Å². The van der Waals surface area contributed by atoms with E-state index in [1.165, 1.54) is 24.5 Å². The van der Waals surface area contributed by atoms with Crippen LogP contribution < -0.4 is 4.74 Å². The normalized spacial score (nSPS) is 11.2. The largest absolute Gasteiger partial charge is 0.573 e. The molecule has 0 aliphatic rings. The van der Waals surface area contributed by atoms with Crippen molar-refractivity contribution in [2.24, 2.45) is 0 Å². The van der Waals surface area contributed by atoms with Gasteiger partial charge in [-0.2, -0.15) is 0 Å². The molecule has 0 fully saturated rings. The van der Waals surface area contributed by atoms with E-state index in [1.54, 1.807) is 6.92 Å². The highest BCUT2D eigenvalue weighted by molar-refractivity contribution is 5.81. The molecule has 0 amide bonds. The van der Waals surface area contributed by atoms with Gasteiger partial charge in [0.2, 0.25) is 0 Å². The van der Waals surface area contributed by atoms with E-state index in [9.17, 15) is 18.0 Å². The number of carbonyl (C=O) groups is 1. The van der Waals surface area contributed by atoms with Crippen LogP contribution in [0.25, 0.3) is 11.1 Å². The van der Waals surface area contributed by atoms with Crippen LogP contribution in [0, 0.1) is 6.92 Å². The smallest absolute Gasteiger partial charge is 0.405 e. The Balaban J connectivity index is 2.52. The molecule has 104 valence electrons. The van der Waals surface area contributed by atoms with Gasteiger partial charge in [0, 0.05) is 29.1 Å². The molecular weight excluding hydrogens is 273 g/mol. The summed E-state index contributed by atoms with van der Waals surface area (Å²) in [6, 6.07) is 3.63. The number of aryl methyl sites for hydroxylation is 1. The van der Waals surface area contributed by atoms with E-state index in [4.69, 9.17) is 0 Å². The molecule has 0 saturated carbocycles. The molecule has 0 bridgehead atoms. The molecule has 1 aromatic carbocycles. The van der Waals surface area contributed by atoms with Gasteiger partial charge >= 0.3 is 6.36 Å². The van der Waals surface area contributed by atoms with Gasteiger partial charge in [-0.15, -0.1) is 13.2 Å². The molecule has 0 spiro atoms. The molecule has 1 aromatic heterocycles. The van der Waals surface area contributed by atoms with Gasteiger partial charge in [-0.1, -0.05) is 0 Å². The van der Waals surface area contributed by atoms with E-state index >= 15 is 0 Å². The lowest BCUT2D eigenvalue weighted by atomic mass is 10.1. The first-order valence-electron chi connectivity index (χ1n) is 5.53. The van der Waals surface area contributed by atoms with Crippen LogP contribution in [-0.2, 0) is 0 Å². The Bertz CT molecular complexity index is 625. The molecule has 1 heterocycles. The zero-order valence-corrected chi connectivity index (χ0v) is 10.3. The third-order valence-corrected chi connectivity index (χ3v) is 2.46. The summed E-state index contributed by atoms with van der Waals surface area (Å²) in [5.74, 6) is 0.0779. The lowest BCUT2D eigenvalue weighted by Gasteiger charge is -2.13. The van der Waals surface area contributed by atoms with Crippen molar-refractivity contribution in [2.75, 3.05) is 0 Å². The van der Waals surface area contributed by atoms with Crippen LogP contribution in [0.2, 0.25) is 0 Å². The van der Waals surface area contributed by atoms with Crippen LogP contribution in [-0.4, -0.2) is 22.6 Å². The molecule has 2 rings (SSSR count). The van der Waals surface area contributed by atoms with Gasteiger partial charge in [0.15, 0.2) is 0 Å². The molecule has 0 aliphatic heterocycles. The minimum Gasteiger partial charge on any atom is -0.405 e. The van der Waals surface area contributed by atoms with Gasteiger partial charge in [0.25, 0.3) is 0 Å². The number of carbonyl (C=O) groups excluding carboxylic acids is 1. The van der Waals surface area contributed by atoms with Gasteiger partial charge in [-0.3, -0.25) is 4.79 Å². The number of nitrogens with zero attached hydrogens (tertiary/aromatic N) is 2. The van der Waals surface area contributed by atoms with E-state index in [-0.39, 0.29) is 11.1 Å². The van der Waals surface area contributed by atoms with E-state index in [0.717, 1.165) is 6.07 Å². The first-order valence-corrected chi connectivity index (χ1v) is 5.53. The molecule has 0 unspecified atom stereocenters. The van der Waals surface area contributed by atoms with Crippen molar-refractivity contribution >= 4 is 6.29 Å². The Morgan fingerprint density at radius 2 is 1.85 bits per heavy atom. The predicted molar refractivity (Wildman–Crippen MR) is 64.3 cm³/mol. The number of ether oxygens (including phenoxy) is 1. The first-order chi connectivity index (χ1) is 9.39. The Labute approximate surface area is 112 Å². The summed E-state index contributed by atoms with van der Waals surface area (Å²) in [6.07, 6.45) is -1.54. The molecule has 0 atom stereocenters. The fourth-order valence-electron chi connectivity index (χ4n) is 1.59. The summed E-state index contributed by atoms with van der Waals surface area (Å²) in [6.45, 7) is 1.65. The first kappa shape index (κ1) is 14.0. The summed E-state index contributed by atoms with van der Waals surface area (Å²) in [5, 5.41) is 0. The summed E-state index contributed by atoms with van der Waals surface area (Å²) in [4.78, 5) is 18.6. The minimum absolute atomic E-state index is 0.104. The van der Waals surface area contributed by atoms with Crippen LogP contribution in [0.5, 0.6) is 5.75 Å². The van der Waals surface area contributed by atoms with E-state index in [1.807, 2.05) is 0 Å². The van der Waals surface area contributed by atoms with Gasteiger partial charge in [0.1, 0.15) is 17.9 Å². The SMILES string of the molecule is Cc1ncc(-c2cc(C=O)ccc2OC(F)(F)F)cn1. The topological polar surface area (TPSA) is 52.1 Å². The number of aldehydes is 1. The Kier molecular flexibility index (Phi) is 3.69. The second kappa shape index (κ2) is 5.28. The maximum Gasteiger partial charge on any atom is 0.573 e. The van der Waals surface area contributed by atoms with Gasteiger partial charge < -0.3 is 4.74 Å². The third kappa shape index (κ3) is 3.31. The lowest BCUT2D eigenvalue weighted by molar-refractivity contribution is -0.274. The van der Waals surface area contributed by atoms with E-state index in [2.05, 4.69) is 14.7 Å². The van der Waals surface area contributed by atoms with Gasteiger partial charge in [0.05, 0.1) is 0 Å². The zero-order valence-electron chi connectivity index (χ0n) is 10.3. The molecule has 0 N–H and O–H groups in total. The number of alkyl halides is 3. The number of rotatable bonds is 3. The zero-order chi connectivity index (χ0) is 14.8. The van der Waals surface area contributed by atoms with Crippen molar-refractivity contribution in [1.29, 1.82) is 0 Å². The Hall–Kier alpha value is -2.44. The lowest BCUT2D eigenvalue weighted by Crippen LogP contribution is -2.17. The molecule has 2 aromatic rings. The summed E-state index contributed by atoms with van der Waals surface area (Å²) in [5.41, 5.74) is 0.667. The van der Waals surface area contributed by atoms with E-state index < -0.39 is 12.1 Å². The number of benzene rings is 1. The Morgan fingerprint density at radius 3 is 2.40 bits per heavy atom. The average Bonchev–Trinajstić information content (AvgIpc) is 2.38. The number of hydrogen-bond donors (Lipinski definition) is 0. The fraction of sp³-hybridized carbons (Fsp3) is 0.154. The second-order valence-electron chi connectivity index (χ2n) is 3.94. The molecular formula is C13H9F3N2O2. The van der Waals surface area contributed by atoms with Crippen LogP contribution in [0.3, 0.4) is 0 Å². The van der Waals surface area contributed by atoms with Crippen molar-refractivity contribution in [3.8, 4) is 16.9 Å². The Morgan fingerprint density at radius 1 is 1.20 bits per heavy atom. The molecule has 20 heavy (non-hydrogen) atoms. The van der Waals surface area contributed by atoms with Gasteiger partial charge in [-0.25, -0.2) is 9.97 Å². The number of halogens is 3. The number of hydrogen-bond acceptors (Lipinski definition) is 4. The molecule has 0 radical (unpaired) electrons. The molecule has 4 nitrogen and oxygen atoms in total. The second-order valence-corrected chi connectivity index (χ2v) is 3.94. The van der Waals surface area contributed by atoms with Crippen molar-refractivity contribution < 1.29 is 22.7 Å². The van der Waals surface area contributed by atoms with Crippen molar-refractivity contribution in [3.63, 3.8) is 0 Å². The summed E-state index contributed by atoms with van der Waals surface area (Å²) in [7, 11) is 0. The summed E-state index contributed by atoms with van der Waals surface area (Å²) < 4.78 is 41.0. The van der Waals surface area contributed by atoms with Crippen molar-refractivity contribution in [3.05, 3.63) is 42.0 Å². The van der Waals surface area contributed by atoms with Crippen molar-refractivity contribution in [1.82, 2.24) is 9.97 Å². The standard InChI is InChI=1S/C13H9F3N2O2/c1-8-17-5-10(6-18-8)11-4-9(7-19)2-3-12(11)20-13(14,15)16/h2-7H,1H3. The van der Waals surface area contributed by atoms with Crippen LogP contribution in [0.1, 0.15) is 16.2 Å².